The molecule has 1 atom stereocenters. The Morgan fingerprint density at radius 2 is 2.11 bits per heavy atom. The lowest BCUT2D eigenvalue weighted by Gasteiger charge is -2.32. The van der Waals surface area contributed by atoms with E-state index < -0.39 is 5.60 Å². The average molecular weight is 268 g/mol. The Kier molecular flexibility index (Phi) is 4.67. The highest BCUT2D eigenvalue weighted by Gasteiger charge is 2.32. The van der Waals surface area contributed by atoms with Crippen LogP contribution in [-0.2, 0) is 15.1 Å². The molecule has 4 heteroatoms. The van der Waals surface area contributed by atoms with Crippen molar-refractivity contribution in [3.63, 3.8) is 0 Å². The van der Waals surface area contributed by atoms with Gasteiger partial charge in [0.15, 0.2) is 6.29 Å². The monoisotopic (exact) mass is 268 g/mol. The number of hydrogen-bond donors (Lipinski definition) is 1. The van der Waals surface area contributed by atoms with Crippen LogP contribution in [0.2, 0.25) is 0 Å². The normalized spacial score (nSPS) is 24.4. The molecule has 1 aromatic carbocycles. The lowest BCUT2D eigenvalue weighted by Crippen LogP contribution is -2.32. The summed E-state index contributed by atoms with van der Waals surface area (Å²) in [5.74, 6) is 1.90. The standard InChI is InChI=1S/C14H20O3S/c1-16-13(17-2)11-5-3-6-12(9-11)14(15)7-4-8-18-10-14/h3,5-6,9,13,15H,4,7-8,10H2,1-2H3. The first-order valence-electron chi connectivity index (χ1n) is 6.16. The molecular weight excluding hydrogens is 248 g/mol. The molecule has 1 heterocycles. The van der Waals surface area contributed by atoms with Gasteiger partial charge >= 0.3 is 0 Å². The number of hydrogen-bond acceptors (Lipinski definition) is 4. The van der Waals surface area contributed by atoms with E-state index in [0.29, 0.717) is 0 Å². The minimum Gasteiger partial charge on any atom is -0.384 e. The molecular formula is C14H20O3S. The Morgan fingerprint density at radius 3 is 2.72 bits per heavy atom. The fourth-order valence-corrected chi connectivity index (χ4v) is 3.49. The maximum absolute atomic E-state index is 10.7. The summed E-state index contributed by atoms with van der Waals surface area (Å²) in [5.41, 5.74) is 1.21. The van der Waals surface area contributed by atoms with Crippen molar-refractivity contribution in [2.24, 2.45) is 0 Å². The van der Waals surface area contributed by atoms with Gasteiger partial charge in [0.2, 0.25) is 0 Å². The molecule has 0 spiro atoms. The second-order valence-electron chi connectivity index (χ2n) is 4.62. The predicted octanol–water partition coefficient (Wildman–Crippen LogP) is 2.69. The van der Waals surface area contributed by atoms with E-state index in [1.54, 1.807) is 14.2 Å². The van der Waals surface area contributed by atoms with Crippen molar-refractivity contribution in [3.05, 3.63) is 35.4 Å². The zero-order valence-electron chi connectivity index (χ0n) is 10.9. The third-order valence-corrected chi connectivity index (χ3v) is 4.60. The SMILES string of the molecule is COC(OC)c1cccc(C2(O)CCCSC2)c1. The number of methoxy groups -OCH3 is 2. The Bertz CT molecular complexity index is 384. The largest absolute Gasteiger partial charge is 0.384 e. The highest BCUT2D eigenvalue weighted by atomic mass is 32.2. The van der Waals surface area contributed by atoms with Crippen LogP contribution in [0.25, 0.3) is 0 Å². The minimum atomic E-state index is -0.703. The molecule has 1 unspecified atom stereocenters. The first-order valence-corrected chi connectivity index (χ1v) is 7.31. The van der Waals surface area contributed by atoms with Crippen LogP contribution in [0, 0.1) is 0 Å². The summed E-state index contributed by atoms with van der Waals surface area (Å²) < 4.78 is 10.5. The fourth-order valence-electron chi connectivity index (χ4n) is 2.35. The van der Waals surface area contributed by atoms with Crippen LogP contribution < -0.4 is 0 Å². The molecule has 0 aliphatic carbocycles. The van der Waals surface area contributed by atoms with Gasteiger partial charge in [-0.25, -0.2) is 0 Å². The van der Waals surface area contributed by atoms with E-state index in [9.17, 15) is 5.11 Å². The van der Waals surface area contributed by atoms with Crippen LogP contribution in [0.4, 0.5) is 0 Å². The van der Waals surface area contributed by atoms with E-state index >= 15 is 0 Å². The molecule has 2 rings (SSSR count). The summed E-state index contributed by atoms with van der Waals surface area (Å²) in [6.45, 7) is 0. The van der Waals surface area contributed by atoms with Crippen LogP contribution in [0.1, 0.15) is 30.3 Å². The van der Waals surface area contributed by atoms with Gasteiger partial charge in [-0.1, -0.05) is 18.2 Å². The molecule has 1 aliphatic heterocycles. The molecule has 1 aliphatic rings. The molecule has 1 saturated heterocycles. The molecule has 0 bridgehead atoms. The van der Waals surface area contributed by atoms with Crippen LogP contribution in [0.5, 0.6) is 0 Å². The number of rotatable bonds is 4. The zero-order valence-corrected chi connectivity index (χ0v) is 11.7. The highest BCUT2D eigenvalue weighted by molar-refractivity contribution is 7.99. The van der Waals surface area contributed by atoms with E-state index in [0.717, 1.165) is 35.5 Å². The van der Waals surface area contributed by atoms with Crippen LogP contribution in [0.15, 0.2) is 24.3 Å². The van der Waals surface area contributed by atoms with Gasteiger partial charge in [0.05, 0.1) is 5.60 Å². The second-order valence-corrected chi connectivity index (χ2v) is 5.72. The third kappa shape index (κ3) is 2.88. The lowest BCUT2D eigenvalue weighted by atomic mass is 9.89. The predicted molar refractivity (Wildman–Crippen MR) is 73.7 cm³/mol. The number of aliphatic hydroxyl groups is 1. The number of ether oxygens (including phenoxy) is 2. The van der Waals surface area contributed by atoms with Gasteiger partial charge in [0.1, 0.15) is 0 Å². The molecule has 0 amide bonds. The summed E-state index contributed by atoms with van der Waals surface area (Å²) in [6, 6.07) is 7.88. The van der Waals surface area contributed by atoms with Gasteiger partial charge < -0.3 is 14.6 Å². The van der Waals surface area contributed by atoms with E-state index in [1.165, 1.54) is 0 Å². The van der Waals surface area contributed by atoms with E-state index in [2.05, 4.69) is 0 Å². The van der Waals surface area contributed by atoms with Gasteiger partial charge in [-0.2, -0.15) is 11.8 Å². The van der Waals surface area contributed by atoms with Crippen molar-refractivity contribution in [1.29, 1.82) is 0 Å². The van der Waals surface area contributed by atoms with Crippen molar-refractivity contribution >= 4 is 11.8 Å². The van der Waals surface area contributed by atoms with Crippen molar-refractivity contribution in [1.82, 2.24) is 0 Å². The number of thioether (sulfide) groups is 1. The molecule has 1 aromatic rings. The van der Waals surface area contributed by atoms with E-state index in [-0.39, 0.29) is 6.29 Å². The molecule has 1 fully saturated rings. The minimum absolute atomic E-state index is 0.371. The first-order chi connectivity index (χ1) is 8.69. The van der Waals surface area contributed by atoms with Gasteiger partial charge in [0.25, 0.3) is 0 Å². The summed E-state index contributed by atoms with van der Waals surface area (Å²) in [4.78, 5) is 0. The molecule has 1 N–H and O–H groups in total. The van der Waals surface area contributed by atoms with Gasteiger partial charge in [0, 0.05) is 25.5 Å². The van der Waals surface area contributed by atoms with Crippen LogP contribution in [-0.4, -0.2) is 30.8 Å². The van der Waals surface area contributed by atoms with Crippen molar-refractivity contribution < 1.29 is 14.6 Å². The van der Waals surface area contributed by atoms with Gasteiger partial charge in [-0.05, 0) is 30.2 Å². The molecule has 18 heavy (non-hydrogen) atoms. The molecule has 0 aromatic heterocycles. The average Bonchev–Trinajstić information content (AvgIpc) is 2.41. The van der Waals surface area contributed by atoms with Crippen molar-refractivity contribution in [2.45, 2.75) is 24.7 Å². The van der Waals surface area contributed by atoms with Crippen LogP contribution in [0.3, 0.4) is 0 Å². The quantitative estimate of drug-likeness (QED) is 0.852. The Morgan fingerprint density at radius 1 is 1.33 bits per heavy atom. The van der Waals surface area contributed by atoms with Crippen LogP contribution >= 0.6 is 11.8 Å². The summed E-state index contributed by atoms with van der Waals surface area (Å²) in [7, 11) is 3.23. The topological polar surface area (TPSA) is 38.7 Å². The highest BCUT2D eigenvalue weighted by Crippen LogP contribution is 2.36. The Labute approximate surface area is 112 Å². The molecule has 0 radical (unpaired) electrons. The molecule has 100 valence electrons. The Hall–Kier alpha value is -0.550. The molecule has 0 saturated carbocycles. The maximum atomic E-state index is 10.7. The number of benzene rings is 1. The summed E-state index contributed by atoms with van der Waals surface area (Å²) >= 11 is 1.81. The van der Waals surface area contributed by atoms with E-state index in [1.807, 2.05) is 36.0 Å². The Balaban J connectivity index is 2.25. The summed E-state index contributed by atoms with van der Waals surface area (Å²) in [6.07, 6.45) is 1.52. The van der Waals surface area contributed by atoms with Crippen molar-refractivity contribution in [3.8, 4) is 0 Å². The lowest BCUT2D eigenvalue weighted by molar-refractivity contribution is -0.106. The third-order valence-electron chi connectivity index (χ3n) is 3.34. The fraction of sp³-hybridized carbons (Fsp3) is 0.571. The second kappa shape index (κ2) is 6.06. The first kappa shape index (κ1) is 13.9. The molecule has 3 nitrogen and oxygen atoms in total. The summed E-state index contributed by atoms with van der Waals surface area (Å²) in [5, 5.41) is 10.7. The van der Waals surface area contributed by atoms with Gasteiger partial charge in [-0.15, -0.1) is 0 Å². The maximum Gasteiger partial charge on any atom is 0.183 e. The van der Waals surface area contributed by atoms with E-state index in [4.69, 9.17) is 9.47 Å². The smallest absolute Gasteiger partial charge is 0.183 e. The zero-order chi connectivity index (χ0) is 13.0. The van der Waals surface area contributed by atoms with Crippen molar-refractivity contribution in [2.75, 3.05) is 25.7 Å². The van der Waals surface area contributed by atoms with Gasteiger partial charge in [-0.3, -0.25) is 0 Å².